The van der Waals surface area contributed by atoms with Crippen molar-refractivity contribution in [3.8, 4) is 11.5 Å². The van der Waals surface area contributed by atoms with E-state index in [-0.39, 0.29) is 23.9 Å². The molecule has 1 N–H and O–H groups in total. The number of anilines is 1. The van der Waals surface area contributed by atoms with Crippen LogP contribution in [0.15, 0.2) is 53.4 Å². The van der Waals surface area contributed by atoms with Gasteiger partial charge in [0.1, 0.15) is 11.5 Å². The molecule has 0 spiro atoms. The molecule has 0 aromatic heterocycles. The van der Waals surface area contributed by atoms with Gasteiger partial charge in [0, 0.05) is 20.0 Å². The molecule has 2 rings (SSSR count). The summed E-state index contributed by atoms with van der Waals surface area (Å²) >= 11 is 0. The highest BCUT2D eigenvalue weighted by Gasteiger charge is 2.18. The molecule has 0 atom stereocenters. The van der Waals surface area contributed by atoms with Gasteiger partial charge in [0.05, 0.1) is 24.3 Å². The van der Waals surface area contributed by atoms with E-state index in [0.29, 0.717) is 23.8 Å². The third-order valence-corrected chi connectivity index (χ3v) is 5.31. The van der Waals surface area contributed by atoms with Crippen LogP contribution in [0.4, 0.5) is 5.69 Å². The number of carbonyl (C=O) groups excluding carboxylic acids is 1. The van der Waals surface area contributed by atoms with E-state index >= 15 is 0 Å². The van der Waals surface area contributed by atoms with Gasteiger partial charge in [-0.25, -0.2) is 13.1 Å². The largest absolute Gasteiger partial charge is 0.495 e. The van der Waals surface area contributed by atoms with Crippen molar-refractivity contribution in [1.82, 2.24) is 4.72 Å². The maximum Gasteiger partial charge on any atom is 0.240 e. The summed E-state index contributed by atoms with van der Waals surface area (Å²) in [5.74, 6) is 0.942. The van der Waals surface area contributed by atoms with Gasteiger partial charge >= 0.3 is 0 Å². The number of methoxy groups -OCH3 is 1. The number of nitrogens with one attached hydrogen (secondary N) is 1. The van der Waals surface area contributed by atoms with Gasteiger partial charge in [-0.05, 0) is 43.3 Å². The Bertz CT molecular complexity index is 866. The van der Waals surface area contributed by atoms with Gasteiger partial charge < -0.3 is 14.4 Å². The van der Waals surface area contributed by atoms with Crippen LogP contribution in [-0.2, 0) is 14.8 Å². The SMILES string of the molecule is CCOc1ccc(S(=O)(=O)NCCN(C(C)=O)c2ccccc2OC)cc1. The number of ether oxygens (including phenoxy) is 2. The van der Waals surface area contributed by atoms with E-state index in [9.17, 15) is 13.2 Å². The maximum atomic E-state index is 12.4. The summed E-state index contributed by atoms with van der Waals surface area (Å²) in [6.45, 7) is 4.02. The third kappa shape index (κ3) is 5.45. The second kappa shape index (κ2) is 9.38. The Kier molecular flexibility index (Phi) is 7.20. The van der Waals surface area contributed by atoms with Crippen LogP contribution in [0.2, 0.25) is 0 Å². The second-order valence-electron chi connectivity index (χ2n) is 5.64. The fourth-order valence-corrected chi connectivity index (χ4v) is 3.58. The highest BCUT2D eigenvalue weighted by Crippen LogP contribution is 2.27. The van der Waals surface area contributed by atoms with Crippen LogP contribution in [0, 0.1) is 0 Å². The van der Waals surface area contributed by atoms with Crippen molar-refractivity contribution in [3.63, 3.8) is 0 Å². The minimum Gasteiger partial charge on any atom is -0.495 e. The summed E-state index contributed by atoms with van der Waals surface area (Å²) in [6, 6.07) is 13.3. The first-order valence-electron chi connectivity index (χ1n) is 8.52. The van der Waals surface area contributed by atoms with Gasteiger partial charge in [0.2, 0.25) is 15.9 Å². The Morgan fingerprint density at radius 2 is 1.78 bits per heavy atom. The van der Waals surface area contributed by atoms with Gasteiger partial charge in [0.15, 0.2) is 0 Å². The number of rotatable bonds is 9. The Balaban J connectivity index is 2.06. The number of amides is 1. The van der Waals surface area contributed by atoms with Gasteiger partial charge in [-0.15, -0.1) is 0 Å². The summed E-state index contributed by atoms with van der Waals surface area (Å²) < 4.78 is 38.0. The summed E-state index contributed by atoms with van der Waals surface area (Å²) in [7, 11) is -2.17. The van der Waals surface area contributed by atoms with Crippen LogP contribution >= 0.6 is 0 Å². The molecule has 8 heteroatoms. The lowest BCUT2D eigenvalue weighted by Crippen LogP contribution is -2.37. The summed E-state index contributed by atoms with van der Waals surface area (Å²) in [5.41, 5.74) is 0.591. The quantitative estimate of drug-likeness (QED) is 0.708. The molecule has 0 saturated heterocycles. The number of nitrogens with zero attached hydrogens (tertiary/aromatic N) is 1. The first-order valence-corrected chi connectivity index (χ1v) is 10.0. The molecular formula is C19H24N2O5S. The van der Waals surface area contributed by atoms with Gasteiger partial charge in [-0.3, -0.25) is 4.79 Å². The minimum atomic E-state index is -3.69. The number of para-hydroxylation sites is 2. The summed E-state index contributed by atoms with van der Waals surface area (Å²) in [5, 5.41) is 0. The molecule has 0 saturated carbocycles. The zero-order valence-corrected chi connectivity index (χ0v) is 16.5. The maximum absolute atomic E-state index is 12.4. The lowest BCUT2D eigenvalue weighted by Gasteiger charge is -2.23. The second-order valence-corrected chi connectivity index (χ2v) is 7.41. The monoisotopic (exact) mass is 392 g/mol. The fourth-order valence-electron chi connectivity index (χ4n) is 2.56. The number of carbonyl (C=O) groups is 1. The van der Waals surface area contributed by atoms with E-state index in [2.05, 4.69) is 4.72 Å². The molecule has 0 unspecified atom stereocenters. The molecule has 0 heterocycles. The Hall–Kier alpha value is -2.58. The molecule has 2 aromatic rings. The molecule has 0 aliphatic carbocycles. The molecule has 0 aliphatic rings. The van der Waals surface area contributed by atoms with Crippen LogP contribution in [0.5, 0.6) is 11.5 Å². The molecule has 7 nitrogen and oxygen atoms in total. The standard InChI is InChI=1S/C19H24N2O5S/c1-4-26-16-9-11-17(12-10-16)27(23,24)20-13-14-21(15(2)22)18-7-5-6-8-19(18)25-3/h5-12,20H,4,13-14H2,1-3H3. The third-order valence-electron chi connectivity index (χ3n) is 3.83. The Labute approximate surface area is 160 Å². The minimum absolute atomic E-state index is 0.0627. The molecule has 146 valence electrons. The van der Waals surface area contributed by atoms with Crippen molar-refractivity contribution in [1.29, 1.82) is 0 Å². The Morgan fingerprint density at radius 3 is 2.37 bits per heavy atom. The number of hydrogen-bond donors (Lipinski definition) is 1. The number of sulfonamides is 1. The van der Waals surface area contributed by atoms with Crippen LogP contribution in [0.3, 0.4) is 0 Å². The van der Waals surface area contributed by atoms with Crippen molar-refractivity contribution in [2.75, 3.05) is 31.7 Å². The van der Waals surface area contributed by atoms with Crippen molar-refractivity contribution >= 4 is 21.6 Å². The molecule has 0 fully saturated rings. The predicted octanol–water partition coefficient (Wildman–Crippen LogP) is 2.43. The van der Waals surface area contributed by atoms with Crippen molar-refractivity contribution in [2.45, 2.75) is 18.7 Å². The molecule has 0 aliphatic heterocycles. The van der Waals surface area contributed by atoms with Gasteiger partial charge in [-0.2, -0.15) is 0 Å². The van der Waals surface area contributed by atoms with Crippen LogP contribution in [0.1, 0.15) is 13.8 Å². The van der Waals surface area contributed by atoms with E-state index in [1.165, 1.54) is 31.1 Å². The smallest absolute Gasteiger partial charge is 0.240 e. The average molecular weight is 392 g/mol. The lowest BCUT2D eigenvalue weighted by atomic mass is 10.2. The zero-order valence-electron chi connectivity index (χ0n) is 15.6. The van der Waals surface area contributed by atoms with E-state index in [1.54, 1.807) is 36.4 Å². The predicted molar refractivity (Wildman–Crippen MR) is 104 cm³/mol. The molecule has 0 radical (unpaired) electrons. The topological polar surface area (TPSA) is 84.9 Å². The lowest BCUT2D eigenvalue weighted by molar-refractivity contribution is -0.116. The van der Waals surface area contributed by atoms with Gasteiger partial charge in [0.25, 0.3) is 0 Å². The first-order chi connectivity index (χ1) is 12.9. The van der Waals surface area contributed by atoms with E-state index in [4.69, 9.17) is 9.47 Å². The van der Waals surface area contributed by atoms with Crippen LogP contribution in [-0.4, -0.2) is 41.1 Å². The van der Waals surface area contributed by atoms with Crippen molar-refractivity contribution < 1.29 is 22.7 Å². The van der Waals surface area contributed by atoms with Crippen LogP contribution in [0.25, 0.3) is 0 Å². The average Bonchev–Trinajstić information content (AvgIpc) is 2.65. The molecular weight excluding hydrogens is 368 g/mol. The highest BCUT2D eigenvalue weighted by molar-refractivity contribution is 7.89. The summed E-state index contributed by atoms with van der Waals surface area (Å²) in [4.78, 5) is 13.6. The fraction of sp³-hybridized carbons (Fsp3) is 0.316. The van der Waals surface area contributed by atoms with E-state index in [0.717, 1.165) is 0 Å². The van der Waals surface area contributed by atoms with Gasteiger partial charge in [-0.1, -0.05) is 12.1 Å². The summed E-state index contributed by atoms with van der Waals surface area (Å²) in [6.07, 6.45) is 0. The molecule has 2 aromatic carbocycles. The first kappa shape index (κ1) is 20.7. The van der Waals surface area contributed by atoms with Crippen LogP contribution < -0.4 is 19.1 Å². The highest BCUT2D eigenvalue weighted by atomic mass is 32.2. The molecule has 1 amide bonds. The number of benzene rings is 2. The molecule has 27 heavy (non-hydrogen) atoms. The van der Waals surface area contributed by atoms with Crippen molar-refractivity contribution in [2.24, 2.45) is 0 Å². The van der Waals surface area contributed by atoms with E-state index < -0.39 is 10.0 Å². The molecule has 0 bridgehead atoms. The van der Waals surface area contributed by atoms with Crippen molar-refractivity contribution in [3.05, 3.63) is 48.5 Å². The van der Waals surface area contributed by atoms with E-state index in [1.807, 2.05) is 6.92 Å². The number of hydrogen-bond acceptors (Lipinski definition) is 5. The normalized spacial score (nSPS) is 11.1. The Morgan fingerprint density at radius 1 is 1.11 bits per heavy atom. The zero-order chi connectivity index (χ0) is 19.9.